The molecule has 0 aromatic rings. The molecule has 1 aliphatic rings. The van der Waals surface area contributed by atoms with Gasteiger partial charge in [0, 0.05) is 19.1 Å². The highest BCUT2D eigenvalue weighted by Crippen LogP contribution is 2.22. The molecule has 2 atom stereocenters. The number of hydrogen-bond acceptors (Lipinski definition) is 3. The Kier molecular flexibility index (Phi) is 4.98. The summed E-state index contributed by atoms with van der Waals surface area (Å²) in [7, 11) is -2.88. The molecule has 0 radical (unpaired) electrons. The molecule has 0 aliphatic heterocycles. The first kappa shape index (κ1) is 15.7. The molecule has 1 saturated carbocycles. The van der Waals surface area contributed by atoms with E-state index in [9.17, 15) is 21.6 Å². The van der Waals surface area contributed by atoms with Gasteiger partial charge in [-0.15, -0.1) is 0 Å². The maximum absolute atomic E-state index is 12.0. The van der Waals surface area contributed by atoms with Crippen LogP contribution < -0.4 is 10.5 Å². The Hall–Kier alpha value is -0.380. The predicted octanol–water partition coefficient (Wildman–Crippen LogP) is 0.585. The summed E-state index contributed by atoms with van der Waals surface area (Å²) < 4.78 is 61.8. The molecule has 5 nitrogen and oxygen atoms in total. The van der Waals surface area contributed by atoms with Crippen LogP contribution >= 0.6 is 0 Å². The third kappa shape index (κ3) is 4.38. The zero-order valence-corrected chi connectivity index (χ0v) is 10.9. The molecular formula is C9H18F3N3O2S. The molecule has 1 fully saturated rings. The van der Waals surface area contributed by atoms with Gasteiger partial charge in [-0.25, -0.2) is 0 Å². The van der Waals surface area contributed by atoms with Crippen molar-refractivity contribution in [2.75, 3.05) is 13.6 Å². The van der Waals surface area contributed by atoms with Crippen molar-refractivity contribution in [3.63, 3.8) is 0 Å². The van der Waals surface area contributed by atoms with E-state index in [1.54, 1.807) is 0 Å². The summed E-state index contributed by atoms with van der Waals surface area (Å²) in [6.07, 6.45) is -1.56. The summed E-state index contributed by atoms with van der Waals surface area (Å²) >= 11 is 0. The van der Waals surface area contributed by atoms with Crippen LogP contribution in [0, 0.1) is 0 Å². The van der Waals surface area contributed by atoms with Gasteiger partial charge in [-0.3, -0.25) is 0 Å². The van der Waals surface area contributed by atoms with Crippen molar-refractivity contribution in [3.05, 3.63) is 0 Å². The lowest BCUT2D eigenvalue weighted by molar-refractivity contribution is -0.121. The fourth-order valence-corrected chi connectivity index (χ4v) is 3.21. The summed E-state index contributed by atoms with van der Waals surface area (Å²) in [5.74, 6) is 0. The first-order valence-electron chi connectivity index (χ1n) is 5.68. The van der Waals surface area contributed by atoms with Crippen LogP contribution in [0.4, 0.5) is 13.2 Å². The zero-order valence-electron chi connectivity index (χ0n) is 10.1. The van der Waals surface area contributed by atoms with Crippen molar-refractivity contribution in [1.29, 1.82) is 0 Å². The average molecular weight is 289 g/mol. The third-order valence-corrected chi connectivity index (χ3v) is 4.62. The van der Waals surface area contributed by atoms with E-state index in [0.717, 1.165) is 17.1 Å². The van der Waals surface area contributed by atoms with Gasteiger partial charge >= 0.3 is 6.18 Å². The van der Waals surface area contributed by atoms with Crippen LogP contribution in [-0.4, -0.2) is 44.6 Å². The van der Waals surface area contributed by atoms with E-state index in [-0.39, 0.29) is 6.04 Å². The molecule has 0 saturated heterocycles. The Morgan fingerprint density at radius 1 is 1.33 bits per heavy atom. The molecular weight excluding hydrogens is 271 g/mol. The molecule has 1 rings (SSSR count). The normalized spacial score (nSPS) is 26.6. The zero-order chi connectivity index (χ0) is 14.0. The van der Waals surface area contributed by atoms with Crippen molar-refractivity contribution in [1.82, 2.24) is 9.03 Å². The topological polar surface area (TPSA) is 75.4 Å². The number of alkyl halides is 3. The van der Waals surface area contributed by atoms with Gasteiger partial charge in [0.2, 0.25) is 0 Å². The van der Waals surface area contributed by atoms with E-state index in [2.05, 4.69) is 0 Å². The van der Waals surface area contributed by atoms with Crippen LogP contribution in [0.25, 0.3) is 0 Å². The monoisotopic (exact) mass is 289 g/mol. The van der Waals surface area contributed by atoms with Crippen LogP contribution in [-0.2, 0) is 10.2 Å². The lowest BCUT2D eigenvalue weighted by atomic mass is 9.91. The van der Waals surface area contributed by atoms with E-state index in [1.807, 2.05) is 0 Å². The second-order valence-corrected chi connectivity index (χ2v) is 6.29. The van der Waals surface area contributed by atoms with Gasteiger partial charge < -0.3 is 5.73 Å². The summed E-state index contributed by atoms with van der Waals surface area (Å²) in [5, 5.41) is 0. The quantitative estimate of drug-likeness (QED) is 0.795. The van der Waals surface area contributed by atoms with Gasteiger partial charge in [0.1, 0.15) is 6.54 Å². The van der Waals surface area contributed by atoms with Crippen LogP contribution in [0.1, 0.15) is 25.7 Å². The molecule has 0 amide bonds. The number of nitrogens with two attached hydrogens (primary N) is 1. The Labute approximate surface area is 105 Å². The van der Waals surface area contributed by atoms with E-state index in [4.69, 9.17) is 5.73 Å². The van der Waals surface area contributed by atoms with Crippen molar-refractivity contribution in [2.45, 2.75) is 43.9 Å². The fraction of sp³-hybridized carbons (Fsp3) is 1.00. The Balaban J connectivity index is 2.66. The van der Waals surface area contributed by atoms with E-state index in [1.165, 1.54) is 11.8 Å². The molecule has 0 aromatic carbocycles. The van der Waals surface area contributed by atoms with Crippen molar-refractivity contribution in [3.8, 4) is 0 Å². The SMILES string of the molecule is CN(C1CCCCC1N)S(=O)(=O)NCC(F)(F)F. The number of rotatable bonds is 4. The first-order valence-corrected chi connectivity index (χ1v) is 7.12. The van der Waals surface area contributed by atoms with Gasteiger partial charge in [0.25, 0.3) is 10.2 Å². The minimum atomic E-state index is -4.57. The Morgan fingerprint density at radius 3 is 2.39 bits per heavy atom. The largest absolute Gasteiger partial charge is 0.402 e. The highest BCUT2D eigenvalue weighted by Gasteiger charge is 2.35. The molecule has 3 N–H and O–H groups in total. The number of nitrogens with one attached hydrogen (secondary N) is 1. The highest BCUT2D eigenvalue weighted by atomic mass is 32.2. The van der Waals surface area contributed by atoms with Crippen LogP contribution in [0.3, 0.4) is 0 Å². The molecule has 108 valence electrons. The second-order valence-electron chi connectivity index (χ2n) is 4.47. The van der Waals surface area contributed by atoms with E-state index >= 15 is 0 Å². The van der Waals surface area contributed by atoms with Crippen molar-refractivity contribution in [2.24, 2.45) is 5.73 Å². The lowest BCUT2D eigenvalue weighted by Crippen LogP contribution is -2.54. The first-order chi connectivity index (χ1) is 8.13. The maximum Gasteiger partial charge on any atom is 0.402 e. The molecule has 1 aliphatic carbocycles. The lowest BCUT2D eigenvalue weighted by Gasteiger charge is -2.35. The number of nitrogens with zero attached hydrogens (tertiary/aromatic N) is 1. The van der Waals surface area contributed by atoms with Crippen LogP contribution in [0.2, 0.25) is 0 Å². The summed E-state index contributed by atoms with van der Waals surface area (Å²) in [4.78, 5) is 0. The summed E-state index contributed by atoms with van der Waals surface area (Å²) in [6, 6.07) is -0.768. The van der Waals surface area contributed by atoms with Crippen molar-refractivity contribution >= 4 is 10.2 Å². The number of likely N-dealkylation sites (N-methyl/N-ethyl adjacent to an activating group) is 1. The molecule has 9 heteroatoms. The minimum absolute atomic E-state index is 0.328. The summed E-state index contributed by atoms with van der Waals surface area (Å²) in [5.41, 5.74) is 5.80. The molecule has 0 aromatic heterocycles. The molecule has 2 unspecified atom stereocenters. The molecule has 18 heavy (non-hydrogen) atoms. The highest BCUT2D eigenvalue weighted by molar-refractivity contribution is 7.87. The van der Waals surface area contributed by atoms with Crippen molar-refractivity contribution < 1.29 is 21.6 Å². The van der Waals surface area contributed by atoms with Gasteiger partial charge in [-0.1, -0.05) is 12.8 Å². The van der Waals surface area contributed by atoms with Gasteiger partial charge in [-0.2, -0.15) is 30.6 Å². The molecule has 0 bridgehead atoms. The van der Waals surface area contributed by atoms with Gasteiger partial charge in [-0.05, 0) is 12.8 Å². The van der Waals surface area contributed by atoms with Crippen LogP contribution in [0.15, 0.2) is 0 Å². The second kappa shape index (κ2) is 5.72. The average Bonchev–Trinajstić information content (AvgIpc) is 2.25. The number of hydrogen-bond donors (Lipinski definition) is 2. The smallest absolute Gasteiger partial charge is 0.326 e. The van der Waals surface area contributed by atoms with Crippen LogP contribution in [0.5, 0.6) is 0 Å². The minimum Gasteiger partial charge on any atom is -0.326 e. The number of halogens is 3. The standard InChI is InChI=1S/C9H18F3N3O2S/c1-15(8-5-3-2-4-7(8)13)18(16,17)14-6-9(10,11)12/h7-8,14H,2-6,13H2,1H3. The predicted molar refractivity (Wildman–Crippen MR) is 61.0 cm³/mol. The van der Waals surface area contributed by atoms with Gasteiger partial charge in [0.05, 0.1) is 0 Å². The third-order valence-electron chi connectivity index (χ3n) is 3.08. The molecule has 0 heterocycles. The Bertz CT molecular complexity index is 372. The fourth-order valence-electron chi connectivity index (χ4n) is 2.04. The maximum atomic E-state index is 12.0. The summed E-state index contributed by atoms with van der Waals surface area (Å²) in [6.45, 7) is -1.57. The van der Waals surface area contributed by atoms with E-state index in [0.29, 0.717) is 12.8 Å². The Morgan fingerprint density at radius 2 is 1.89 bits per heavy atom. The molecule has 0 spiro atoms. The van der Waals surface area contributed by atoms with Gasteiger partial charge in [0.15, 0.2) is 0 Å². The van der Waals surface area contributed by atoms with E-state index < -0.39 is 29.0 Å².